The van der Waals surface area contributed by atoms with E-state index in [1.54, 1.807) is 19.2 Å². The van der Waals surface area contributed by atoms with Gasteiger partial charge in [0.2, 0.25) is 5.95 Å². The third-order valence-electron chi connectivity index (χ3n) is 2.35. The molecule has 2 N–H and O–H groups in total. The fraction of sp³-hybridized carbons (Fsp3) is 0.167. The van der Waals surface area contributed by atoms with Crippen LogP contribution in [0.1, 0.15) is 11.3 Å². The molecule has 0 fully saturated rings. The molecule has 0 bridgehead atoms. The molecule has 0 aliphatic carbocycles. The third-order valence-corrected chi connectivity index (χ3v) is 2.58. The fourth-order valence-corrected chi connectivity index (χ4v) is 1.70. The Labute approximate surface area is 118 Å². The molecule has 0 aliphatic heterocycles. The zero-order valence-corrected chi connectivity index (χ0v) is 11.2. The van der Waals surface area contributed by atoms with E-state index < -0.39 is 6.61 Å². The first-order valence-corrected chi connectivity index (χ1v) is 5.93. The Hall–Kier alpha value is -2.15. The summed E-state index contributed by atoms with van der Waals surface area (Å²) in [5, 5.41) is 4.32. The highest BCUT2D eigenvalue weighted by molar-refractivity contribution is 6.30. The molecule has 0 spiro atoms. The number of nitrogens with two attached hydrogens (primary N) is 1. The number of halogens is 3. The van der Waals surface area contributed by atoms with Gasteiger partial charge in [-0.25, -0.2) is 9.66 Å². The number of hydrogen-bond acceptors (Lipinski definition) is 4. The number of imidazole rings is 1. The fourth-order valence-electron chi connectivity index (χ4n) is 1.53. The second-order valence-electron chi connectivity index (χ2n) is 3.89. The molecular formula is C12H11ClF2N4O. The lowest BCUT2D eigenvalue weighted by Crippen LogP contribution is -2.05. The van der Waals surface area contributed by atoms with E-state index in [-0.39, 0.29) is 16.7 Å². The molecule has 1 aromatic carbocycles. The van der Waals surface area contributed by atoms with Gasteiger partial charge in [0.05, 0.1) is 18.1 Å². The van der Waals surface area contributed by atoms with Crippen LogP contribution in [-0.2, 0) is 0 Å². The van der Waals surface area contributed by atoms with Gasteiger partial charge < -0.3 is 10.5 Å². The summed E-state index contributed by atoms with van der Waals surface area (Å²) in [4.78, 5) is 3.96. The second kappa shape index (κ2) is 5.87. The van der Waals surface area contributed by atoms with Crippen LogP contribution in [0, 0.1) is 6.92 Å². The van der Waals surface area contributed by atoms with Crippen LogP contribution in [0.15, 0.2) is 29.5 Å². The Bertz CT molecular complexity index is 642. The molecule has 0 saturated carbocycles. The van der Waals surface area contributed by atoms with Crippen molar-refractivity contribution in [1.29, 1.82) is 0 Å². The Morgan fingerprint density at radius 3 is 2.85 bits per heavy atom. The van der Waals surface area contributed by atoms with Crippen molar-refractivity contribution in [3.05, 3.63) is 40.7 Å². The smallest absolute Gasteiger partial charge is 0.387 e. The standard InChI is InChI=1S/C12H11ClF2N4O/c1-7-6-19(12(16)18-7)17-5-8-2-3-9(13)4-10(8)20-11(14)15/h2-6,11H,1H3,(H2,16,18). The molecule has 2 rings (SSSR count). The number of benzene rings is 1. The van der Waals surface area contributed by atoms with E-state index in [0.717, 1.165) is 0 Å². The zero-order valence-electron chi connectivity index (χ0n) is 10.4. The molecule has 0 atom stereocenters. The SMILES string of the molecule is Cc1cn(N=Cc2ccc(Cl)cc2OC(F)F)c(N)n1. The first kappa shape index (κ1) is 14.3. The lowest BCUT2D eigenvalue weighted by atomic mass is 10.2. The number of aromatic nitrogens is 2. The minimum atomic E-state index is -2.94. The Kier molecular flexibility index (Phi) is 4.19. The van der Waals surface area contributed by atoms with Crippen molar-refractivity contribution >= 4 is 23.8 Å². The quantitative estimate of drug-likeness (QED) is 0.883. The molecule has 20 heavy (non-hydrogen) atoms. The largest absolute Gasteiger partial charge is 0.434 e. The van der Waals surface area contributed by atoms with E-state index in [0.29, 0.717) is 11.3 Å². The van der Waals surface area contributed by atoms with Crippen molar-refractivity contribution in [2.24, 2.45) is 5.10 Å². The van der Waals surface area contributed by atoms with Gasteiger partial charge in [0.1, 0.15) is 5.75 Å². The topological polar surface area (TPSA) is 65.4 Å². The van der Waals surface area contributed by atoms with Crippen LogP contribution in [-0.4, -0.2) is 22.5 Å². The van der Waals surface area contributed by atoms with Crippen molar-refractivity contribution in [1.82, 2.24) is 9.66 Å². The first-order valence-electron chi connectivity index (χ1n) is 5.56. The van der Waals surface area contributed by atoms with Gasteiger partial charge in [-0.15, -0.1) is 0 Å². The number of nitrogens with zero attached hydrogens (tertiary/aromatic N) is 3. The van der Waals surface area contributed by atoms with Crippen LogP contribution in [0.5, 0.6) is 5.75 Å². The van der Waals surface area contributed by atoms with E-state index in [9.17, 15) is 8.78 Å². The van der Waals surface area contributed by atoms with Crippen LogP contribution in [0.25, 0.3) is 0 Å². The monoisotopic (exact) mass is 300 g/mol. The highest BCUT2D eigenvalue weighted by atomic mass is 35.5. The van der Waals surface area contributed by atoms with E-state index in [2.05, 4.69) is 14.8 Å². The molecule has 0 radical (unpaired) electrons. The first-order chi connectivity index (χ1) is 9.45. The van der Waals surface area contributed by atoms with Gasteiger partial charge in [-0.3, -0.25) is 0 Å². The number of alkyl halides is 2. The molecule has 0 saturated heterocycles. The summed E-state index contributed by atoms with van der Waals surface area (Å²) < 4.78 is 30.4. The van der Waals surface area contributed by atoms with Crippen LogP contribution in [0.3, 0.4) is 0 Å². The molecule has 1 aromatic heterocycles. The van der Waals surface area contributed by atoms with Gasteiger partial charge in [-0.1, -0.05) is 11.6 Å². The average Bonchev–Trinajstić information content (AvgIpc) is 2.66. The molecule has 5 nitrogen and oxygen atoms in total. The molecule has 0 unspecified atom stereocenters. The van der Waals surface area contributed by atoms with Crippen LogP contribution in [0.2, 0.25) is 5.02 Å². The maximum absolute atomic E-state index is 12.3. The van der Waals surface area contributed by atoms with Crippen LogP contribution >= 0.6 is 11.6 Å². The Morgan fingerprint density at radius 2 is 2.25 bits per heavy atom. The molecular weight excluding hydrogens is 290 g/mol. The van der Waals surface area contributed by atoms with Crippen molar-refractivity contribution in [3.63, 3.8) is 0 Å². The van der Waals surface area contributed by atoms with Gasteiger partial charge in [0, 0.05) is 10.6 Å². The molecule has 2 aromatic rings. The third kappa shape index (κ3) is 3.45. The minimum absolute atomic E-state index is 0.0633. The minimum Gasteiger partial charge on any atom is -0.434 e. The van der Waals surface area contributed by atoms with E-state index in [1.165, 1.54) is 23.0 Å². The number of nitrogen functional groups attached to an aromatic ring is 1. The summed E-state index contributed by atoms with van der Waals surface area (Å²) in [6.07, 6.45) is 2.95. The van der Waals surface area contributed by atoms with Crippen molar-refractivity contribution < 1.29 is 13.5 Å². The highest BCUT2D eigenvalue weighted by Crippen LogP contribution is 2.24. The van der Waals surface area contributed by atoms with Crippen molar-refractivity contribution in [3.8, 4) is 5.75 Å². The summed E-state index contributed by atoms with van der Waals surface area (Å²) in [6.45, 7) is -1.18. The highest BCUT2D eigenvalue weighted by Gasteiger charge is 2.09. The van der Waals surface area contributed by atoms with Gasteiger partial charge >= 0.3 is 6.61 Å². The Balaban J connectivity index is 2.30. The molecule has 106 valence electrons. The summed E-state index contributed by atoms with van der Waals surface area (Å²) in [5.74, 6) is 0.135. The zero-order chi connectivity index (χ0) is 14.7. The lowest BCUT2D eigenvalue weighted by Gasteiger charge is -2.07. The van der Waals surface area contributed by atoms with E-state index in [1.807, 2.05) is 0 Å². The Morgan fingerprint density at radius 1 is 1.50 bits per heavy atom. The van der Waals surface area contributed by atoms with Crippen LogP contribution in [0.4, 0.5) is 14.7 Å². The molecule has 0 amide bonds. The lowest BCUT2D eigenvalue weighted by molar-refractivity contribution is -0.0499. The summed E-state index contributed by atoms with van der Waals surface area (Å²) in [5.41, 5.74) is 6.66. The number of anilines is 1. The maximum Gasteiger partial charge on any atom is 0.387 e. The average molecular weight is 301 g/mol. The molecule has 0 aliphatic rings. The van der Waals surface area contributed by atoms with Crippen molar-refractivity contribution in [2.45, 2.75) is 13.5 Å². The summed E-state index contributed by atoms with van der Waals surface area (Å²) in [7, 11) is 0. The normalized spacial score (nSPS) is 11.4. The van der Waals surface area contributed by atoms with E-state index in [4.69, 9.17) is 17.3 Å². The number of hydrogen-bond donors (Lipinski definition) is 1. The molecule has 1 heterocycles. The van der Waals surface area contributed by atoms with Gasteiger partial charge in [0.25, 0.3) is 0 Å². The van der Waals surface area contributed by atoms with Crippen LogP contribution < -0.4 is 10.5 Å². The summed E-state index contributed by atoms with van der Waals surface area (Å²) in [6, 6.07) is 4.35. The second-order valence-corrected chi connectivity index (χ2v) is 4.33. The maximum atomic E-state index is 12.3. The molecule has 8 heteroatoms. The number of ether oxygens (including phenoxy) is 1. The van der Waals surface area contributed by atoms with Gasteiger partial charge in [-0.05, 0) is 25.1 Å². The predicted molar refractivity (Wildman–Crippen MR) is 72.5 cm³/mol. The van der Waals surface area contributed by atoms with Gasteiger partial charge in [0.15, 0.2) is 0 Å². The van der Waals surface area contributed by atoms with Gasteiger partial charge in [-0.2, -0.15) is 13.9 Å². The summed E-state index contributed by atoms with van der Waals surface area (Å²) >= 11 is 5.74. The van der Waals surface area contributed by atoms with Crippen molar-refractivity contribution in [2.75, 3.05) is 5.73 Å². The number of aryl methyl sites for hydroxylation is 1. The predicted octanol–water partition coefficient (Wildman–Crippen LogP) is 2.91. The number of rotatable bonds is 4. The van der Waals surface area contributed by atoms with E-state index >= 15 is 0 Å².